The van der Waals surface area contributed by atoms with Crippen LogP contribution in [0.3, 0.4) is 0 Å². The Kier molecular flexibility index (Phi) is 3.01. The van der Waals surface area contributed by atoms with E-state index in [0.717, 1.165) is 38.2 Å². The third-order valence-corrected chi connectivity index (χ3v) is 4.05. The van der Waals surface area contributed by atoms with Crippen LogP contribution in [0.5, 0.6) is 0 Å². The summed E-state index contributed by atoms with van der Waals surface area (Å²) < 4.78 is 1.67. The maximum Gasteiger partial charge on any atom is 0.343 e. The second-order valence-corrected chi connectivity index (χ2v) is 5.30. The zero-order chi connectivity index (χ0) is 11.7. The monoisotopic (exact) mass is 236 g/mol. The molecule has 0 spiro atoms. The topological polar surface area (TPSA) is 62.7 Å². The summed E-state index contributed by atoms with van der Waals surface area (Å²) in [5.41, 5.74) is -0.0152. The van der Waals surface area contributed by atoms with Crippen LogP contribution in [0.2, 0.25) is 0 Å². The van der Waals surface area contributed by atoms with Gasteiger partial charge in [0.05, 0.1) is 6.04 Å². The van der Waals surface area contributed by atoms with Crippen LogP contribution < -0.4 is 11.0 Å². The minimum absolute atomic E-state index is 0.0152. The van der Waals surface area contributed by atoms with Crippen molar-refractivity contribution in [3.05, 3.63) is 16.3 Å². The van der Waals surface area contributed by atoms with Crippen LogP contribution in [0.25, 0.3) is 0 Å². The molecule has 94 valence electrons. The van der Waals surface area contributed by atoms with Crippen molar-refractivity contribution in [2.24, 2.45) is 5.92 Å². The Morgan fingerprint density at radius 1 is 1.24 bits per heavy atom. The van der Waals surface area contributed by atoms with Gasteiger partial charge in [-0.25, -0.2) is 9.48 Å². The highest BCUT2D eigenvalue weighted by atomic mass is 16.2. The van der Waals surface area contributed by atoms with Crippen molar-refractivity contribution in [2.45, 2.75) is 44.6 Å². The summed E-state index contributed by atoms with van der Waals surface area (Å²) >= 11 is 0. The van der Waals surface area contributed by atoms with Crippen LogP contribution >= 0.6 is 0 Å². The molecule has 0 amide bonds. The molecule has 0 bridgehead atoms. The fourth-order valence-corrected chi connectivity index (χ4v) is 2.71. The summed E-state index contributed by atoms with van der Waals surface area (Å²) in [5.74, 6) is 1.56. The smallest absolute Gasteiger partial charge is 0.317 e. The van der Waals surface area contributed by atoms with Gasteiger partial charge >= 0.3 is 5.69 Å². The fraction of sp³-hybridized carbons (Fsp3) is 0.833. The molecule has 1 aliphatic heterocycles. The molecule has 5 nitrogen and oxygen atoms in total. The lowest BCUT2D eigenvalue weighted by Gasteiger charge is -2.24. The predicted molar refractivity (Wildman–Crippen MR) is 65.0 cm³/mol. The molecule has 5 heteroatoms. The van der Waals surface area contributed by atoms with Crippen molar-refractivity contribution in [2.75, 3.05) is 13.1 Å². The molecule has 1 aliphatic carbocycles. The van der Waals surface area contributed by atoms with E-state index in [9.17, 15) is 4.79 Å². The molecule has 1 saturated heterocycles. The first kappa shape index (κ1) is 11.0. The van der Waals surface area contributed by atoms with E-state index in [1.165, 1.54) is 19.3 Å². The van der Waals surface area contributed by atoms with Crippen molar-refractivity contribution in [3.63, 3.8) is 0 Å². The maximum atomic E-state index is 11.7. The van der Waals surface area contributed by atoms with Crippen molar-refractivity contribution in [3.8, 4) is 0 Å². The number of aromatic amines is 1. The number of nitrogens with one attached hydrogen (secondary N) is 2. The molecule has 2 heterocycles. The van der Waals surface area contributed by atoms with Gasteiger partial charge in [0.15, 0.2) is 0 Å². The Bertz CT molecular complexity index is 426. The van der Waals surface area contributed by atoms with Crippen molar-refractivity contribution >= 4 is 0 Å². The number of rotatable bonds is 3. The molecule has 2 fully saturated rings. The first-order valence-electron chi connectivity index (χ1n) is 6.71. The molecule has 1 saturated carbocycles. The molecule has 0 aromatic carbocycles. The minimum atomic E-state index is -0.0152. The Hall–Kier alpha value is -1.10. The van der Waals surface area contributed by atoms with Crippen molar-refractivity contribution in [1.29, 1.82) is 0 Å². The Labute approximate surface area is 101 Å². The summed E-state index contributed by atoms with van der Waals surface area (Å²) in [5, 5.41) is 7.81. The van der Waals surface area contributed by atoms with Crippen LogP contribution in [0.4, 0.5) is 0 Å². The lowest BCUT2D eigenvalue weighted by Crippen LogP contribution is -2.29. The molecule has 2 N–H and O–H groups in total. The van der Waals surface area contributed by atoms with Gasteiger partial charge in [-0.2, -0.15) is 5.10 Å². The Balaban J connectivity index is 1.68. The number of hydrogen-bond acceptors (Lipinski definition) is 3. The van der Waals surface area contributed by atoms with Gasteiger partial charge in [0.1, 0.15) is 5.82 Å². The van der Waals surface area contributed by atoms with Gasteiger partial charge < -0.3 is 5.32 Å². The van der Waals surface area contributed by atoms with Gasteiger partial charge in [0.2, 0.25) is 0 Å². The average Bonchev–Trinajstić information content (AvgIpc) is 2.59. The van der Waals surface area contributed by atoms with E-state index in [1.54, 1.807) is 4.68 Å². The van der Waals surface area contributed by atoms with E-state index in [0.29, 0.717) is 12.0 Å². The first-order chi connectivity index (χ1) is 8.33. The normalized spacial score (nSPS) is 22.6. The molecule has 3 rings (SSSR count). The highest BCUT2D eigenvalue weighted by Crippen LogP contribution is 2.29. The van der Waals surface area contributed by atoms with E-state index in [-0.39, 0.29) is 5.69 Å². The van der Waals surface area contributed by atoms with Gasteiger partial charge in [-0.05, 0) is 51.1 Å². The van der Waals surface area contributed by atoms with E-state index in [2.05, 4.69) is 15.4 Å². The standard InChI is InChI=1S/C12H20N4O/c17-12-14-11(8-9-4-6-13-7-5-9)15-16(12)10-2-1-3-10/h9-10,13H,1-8H2,(H,14,15,17). The molecular formula is C12H20N4O. The van der Waals surface area contributed by atoms with Crippen LogP contribution in [0.1, 0.15) is 44.0 Å². The summed E-state index contributed by atoms with van der Waals surface area (Å²) in [7, 11) is 0. The van der Waals surface area contributed by atoms with Crippen LogP contribution in [-0.4, -0.2) is 27.9 Å². The second-order valence-electron chi connectivity index (χ2n) is 5.30. The van der Waals surface area contributed by atoms with Gasteiger partial charge in [0.25, 0.3) is 0 Å². The average molecular weight is 236 g/mol. The lowest BCUT2D eigenvalue weighted by atomic mass is 9.93. The van der Waals surface area contributed by atoms with E-state index < -0.39 is 0 Å². The lowest BCUT2D eigenvalue weighted by molar-refractivity contribution is 0.280. The summed E-state index contributed by atoms with van der Waals surface area (Å²) in [6, 6.07) is 0.362. The largest absolute Gasteiger partial charge is 0.343 e. The number of piperidine rings is 1. The predicted octanol–water partition coefficient (Wildman–Crippen LogP) is 0.838. The fourth-order valence-electron chi connectivity index (χ4n) is 2.71. The van der Waals surface area contributed by atoms with Gasteiger partial charge in [-0.3, -0.25) is 4.98 Å². The maximum absolute atomic E-state index is 11.7. The second kappa shape index (κ2) is 4.64. The van der Waals surface area contributed by atoms with E-state index in [4.69, 9.17) is 0 Å². The van der Waals surface area contributed by atoms with Crippen molar-refractivity contribution < 1.29 is 0 Å². The zero-order valence-electron chi connectivity index (χ0n) is 10.1. The zero-order valence-corrected chi connectivity index (χ0v) is 10.1. The highest BCUT2D eigenvalue weighted by Gasteiger charge is 2.23. The van der Waals surface area contributed by atoms with E-state index >= 15 is 0 Å². The third-order valence-electron chi connectivity index (χ3n) is 4.05. The third kappa shape index (κ3) is 2.29. The van der Waals surface area contributed by atoms with Gasteiger partial charge in [-0.1, -0.05) is 0 Å². The quantitative estimate of drug-likeness (QED) is 0.817. The molecule has 17 heavy (non-hydrogen) atoms. The molecule has 0 radical (unpaired) electrons. The molecular weight excluding hydrogens is 216 g/mol. The number of hydrogen-bond donors (Lipinski definition) is 2. The van der Waals surface area contributed by atoms with Gasteiger partial charge in [0, 0.05) is 6.42 Å². The number of nitrogens with zero attached hydrogens (tertiary/aromatic N) is 2. The highest BCUT2D eigenvalue weighted by molar-refractivity contribution is 4.89. The number of H-pyrrole nitrogens is 1. The molecule has 1 aromatic rings. The molecule has 1 aromatic heterocycles. The van der Waals surface area contributed by atoms with Crippen LogP contribution in [0, 0.1) is 5.92 Å². The SMILES string of the molecule is O=c1[nH]c(CC2CCNCC2)nn1C1CCC1. The molecule has 0 atom stereocenters. The Morgan fingerprint density at radius 2 is 2.00 bits per heavy atom. The summed E-state index contributed by atoms with van der Waals surface area (Å²) in [6.07, 6.45) is 6.76. The first-order valence-corrected chi connectivity index (χ1v) is 6.71. The van der Waals surface area contributed by atoms with Crippen molar-refractivity contribution in [1.82, 2.24) is 20.1 Å². The minimum Gasteiger partial charge on any atom is -0.317 e. The van der Waals surface area contributed by atoms with Crippen LogP contribution in [0.15, 0.2) is 4.79 Å². The molecule has 0 unspecified atom stereocenters. The summed E-state index contributed by atoms with van der Waals surface area (Å²) in [4.78, 5) is 14.7. The Morgan fingerprint density at radius 3 is 2.65 bits per heavy atom. The number of aromatic nitrogens is 3. The van der Waals surface area contributed by atoms with Crippen LogP contribution in [-0.2, 0) is 6.42 Å². The van der Waals surface area contributed by atoms with E-state index in [1.807, 2.05) is 0 Å². The molecule has 2 aliphatic rings. The summed E-state index contributed by atoms with van der Waals surface area (Å²) in [6.45, 7) is 2.19. The van der Waals surface area contributed by atoms with Gasteiger partial charge in [-0.15, -0.1) is 0 Å².